The van der Waals surface area contributed by atoms with E-state index in [2.05, 4.69) is 12.2 Å². The fraction of sp³-hybridized carbons (Fsp3) is 0.625. The van der Waals surface area contributed by atoms with Crippen LogP contribution in [-0.2, 0) is 11.3 Å². The van der Waals surface area contributed by atoms with Gasteiger partial charge in [0, 0.05) is 24.0 Å². The van der Waals surface area contributed by atoms with Crippen molar-refractivity contribution >= 4 is 11.6 Å². The Balaban J connectivity index is 1.96. The number of nitrogen functional groups attached to an aromatic ring is 1. The first-order valence-electron chi connectivity index (χ1n) is 7.85. The SMILES string of the molecule is CCC(NC(=O)Cn1cc(N)ccc1=O)C1CCCCC1. The summed E-state index contributed by atoms with van der Waals surface area (Å²) in [6.07, 6.45) is 8.65. The fourth-order valence-electron chi connectivity index (χ4n) is 3.17. The van der Waals surface area contributed by atoms with Gasteiger partial charge in [-0.1, -0.05) is 26.2 Å². The van der Waals surface area contributed by atoms with Gasteiger partial charge in [-0.25, -0.2) is 0 Å². The van der Waals surface area contributed by atoms with Crippen molar-refractivity contribution < 1.29 is 4.79 Å². The van der Waals surface area contributed by atoms with E-state index < -0.39 is 0 Å². The number of carbonyl (C=O) groups excluding carboxylic acids is 1. The maximum Gasteiger partial charge on any atom is 0.251 e. The zero-order valence-electron chi connectivity index (χ0n) is 12.7. The van der Waals surface area contributed by atoms with E-state index in [1.165, 1.54) is 48.9 Å². The average Bonchev–Trinajstić information content (AvgIpc) is 2.49. The van der Waals surface area contributed by atoms with Crippen molar-refractivity contribution in [1.82, 2.24) is 9.88 Å². The molecule has 0 bridgehead atoms. The normalized spacial score (nSPS) is 17.4. The Morgan fingerprint density at radius 1 is 1.38 bits per heavy atom. The van der Waals surface area contributed by atoms with Gasteiger partial charge in [0.15, 0.2) is 0 Å². The van der Waals surface area contributed by atoms with E-state index in [0.717, 1.165) is 6.42 Å². The van der Waals surface area contributed by atoms with Crippen LogP contribution in [0.15, 0.2) is 23.1 Å². The molecule has 21 heavy (non-hydrogen) atoms. The lowest BCUT2D eigenvalue weighted by Gasteiger charge is -2.30. The molecule has 116 valence electrons. The van der Waals surface area contributed by atoms with E-state index in [4.69, 9.17) is 5.73 Å². The van der Waals surface area contributed by atoms with Crippen LogP contribution in [0.3, 0.4) is 0 Å². The van der Waals surface area contributed by atoms with Gasteiger partial charge in [0.05, 0.1) is 0 Å². The third-order valence-corrected chi connectivity index (χ3v) is 4.33. The first kappa shape index (κ1) is 15.6. The number of amides is 1. The zero-order chi connectivity index (χ0) is 15.2. The summed E-state index contributed by atoms with van der Waals surface area (Å²) in [5.74, 6) is 0.463. The van der Waals surface area contributed by atoms with Gasteiger partial charge in [-0.05, 0) is 31.2 Å². The molecule has 3 N–H and O–H groups in total. The van der Waals surface area contributed by atoms with Crippen molar-refractivity contribution in [3.05, 3.63) is 28.7 Å². The number of nitrogens with two attached hydrogens (primary N) is 1. The molecule has 0 spiro atoms. The summed E-state index contributed by atoms with van der Waals surface area (Å²) >= 11 is 0. The lowest BCUT2D eigenvalue weighted by Crippen LogP contribution is -2.43. The molecule has 1 aliphatic rings. The maximum absolute atomic E-state index is 12.2. The second kappa shape index (κ2) is 7.29. The number of carbonyl (C=O) groups is 1. The van der Waals surface area contributed by atoms with Gasteiger partial charge in [0.2, 0.25) is 5.91 Å². The first-order valence-corrected chi connectivity index (χ1v) is 7.85. The van der Waals surface area contributed by atoms with Crippen molar-refractivity contribution in [1.29, 1.82) is 0 Å². The Hall–Kier alpha value is -1.78. The molecule has 0 aliphatic heterocycles. The summed E-state index contributed by atoms with van der Waals surface area (Å²) in [6, 6.07) is 3.16. The molecule has 0 saturated heterocycles. The van der Waals surface area contributed by atoms with Gasteiger partial charge in [0.1, 0.15) is 6.54 Å². The molecule has 1 aliphatic carbocycles. The predicted octanol–water partition coefficient (Wildman–Crippen LogP) is 1.91. The van der Waals surface area contributed by atoms with Crippen LogP contribution in [0, 0.1) is 5.92 Å². The van der Waals surface area contributed by atoms with E-state index in [-0.39, 0.29) is 24.1 Å². The van der Waals surface area contributed by atoms with Crippen molar-refractivity contribution in [2.75, 3.05) is 5.73 Å². The molecule has 1 amide bonds. The molecule has 1 heterocycles. The lowest BCUT2D eigenvalue weighted by molar-refractivity contribution is -0.122. The molecule has 1 aromatic rings. The lowest BCUT2D eigenvalue weighted by atomic mass is 9.83. The minimum Gasteiger partial charge on any atom is -0.398 e. The Morgan fingerprint density at radius 2 is 2.10 bits per heavy atom. The molecule has 2 rings (SSSR count). The summed E-state index contributed by atoms with van der Waals surface area (Å²) in [5.41, 5.74) is 5.94. The summed E-state index contributed by atoms with van der Waals surface area (Å²) in [7, 11) is 0. The topological polar surface area (TPSA) is 77.1 Å². The molecule has 1 aromatic heterocycles. The van der Waals surface area contributed by atoms with Crippen molar-refractivity contribution in [3.8, 4) is 0 Å². The molecule has 5 nitrogen and oxygen atoms in total. The highest BCUT2D eigenvalue weighted by molar-refractivity contribution is 5.76. The van der Waals surface area contributed by atoms with Gasteiger partial charge in [-0.15, -0.1) is 0 Å². The van der Waals surface area contributed by atoms with Crippen LogP contribution < -0.4 is 16.6 Å². The number of aromatic nitrogens is 1. The van der Waals surface area contributed by atoms with Gasteiger partial charge in [-0.2, -0.15) is 0 Å². The number of pyridine rings is 1. The number of rotatable bonds is 5. The molecule has 0 aromatic carbocycles. The van der Waals surface area contributed by atoms with Crippen LogP contribution in [0.1, 0.15) is 45.4 Å². The van der Waals surface area contributed by atoms with Gasteiger partial charge < -0.3 is 15.6 Å². The van der Waals surface area contributed by atoms with Gasteiger partial charge in [0.25, 0.3) is 5.56 Å². The van der Waals surface area contributed by atoms with Crippen LogP contribution in [0.2, 0.25) is 0 Å². The number of nitrogens with one attached hydrogen (secondary N) is 1. The number of nitrogens with zero attached hydrogens (tertiary/aromatic N) is 1. The third-order valence-electron chi connectivity index (χ3n) is 4.33. The molecule has 1 atom stereocenters. The second-order valence-electron chi connectivity index (χ2n) is 5.91. The highest BCUT2D eigenvalue weighted by Crippen LogP contribution is 2.27. The highest BCUT2D eigenvalue weighted by atomic mass is 16.2. The van der Waals surface area contributed by atoms with Crippen LogP contribution in [-0.4, -0.2) is 16.5 Å². The molecule has 1 saturated carbocycles. The molecule has 0 radical (unpaired) electrons. The number of hydrogen-bond donors (Lipinski definition) is 2. The summed E-state index contributed by atoms with van der Waals surface area (Å²) < 4.78 is 1.36. The van der Waals surface area contributed by atoms with Gasteiger partial charge in [-0.3, -0.25) is 9.59 Å². The van der Waals surface area contributed by atoms with E-state index >= 15 is 0 Å². The molecule has 1 unspecified atom stereocenters. The van der Waals surface area contributed by atoms with E-state index in [9.17, 15) is 9.59 Å². The summed E-state index contributed by atoms with van der Waals surface area (Å²) in [6.45, 7) is 2.14. The van der Waals surface area contributed by atoms with E-state index in [1.807, 2.05) is 0 Å². The molecular formula is C16H25N3O2. The van der Waals surface area contributed by atoms with Crippen molar-refractivity contribution in [2.24, 2.45) is 5.92 Å². The van der Waals surface area contributed by atoms with Crippen LogP contribution >= 0.6 is 0 Å². The smallest absolute Gasteiger partial charge is 0.251 e. The largest absolute Gasteiger partial charge is 0.398 e. The minimum absolute atomic E-state index is 0.0348. The predicted molar refractivity (Wildman–Crippen MR) is 83.9 cm³/mol. The van der Waals surface area contributed by atoms with Crippen molar-refractivity contribution in [2.45, 2.75) is 58.0 Å². The van der Waals surface area contributed by atoms with Crippen LogP contribution in [0.4, 0.5) is 5.69 Å². The molecule has 1 fully saturated rings. The number of anilines is 1. The quantitative estimate of drug-likeness (QED) is 0.870. The van der Waals surface area contributed by atoms with Crippen LogP contribution in [0.5, 0.6) is 0 Å². The Labute approximate surface area is 125 Å². The van der Waals surface area contributed by atoms with Gasteiger partial charge >= 0.3 is 0 Å². The minimum atomic E-state index is -0.204. The number of hydrogen-bond acceptors (Lipinski definition) is 3. The Kier molecular flexibility index (Phi) is 5.42. The Bertz CT molecular complexity index is 533. The standard InChI is InChI=1S/C16H25N3O2/c1-2-14(12-6-4-3-5-7-12)18-15(20)11-19-10-13(17)8-9-16(19)21/h8-10,12,14H,2-7,11,17H2,1H3,(H,18,20). The fourth-order valence-corrected chi connectivity index (χ4v) is 3.17. The summed E-state index contributed by atoms with van der Waals surface area (Å²) in [5, 5.41) is 3.09. The first-order chi connectivity index (χ1) is 10.1. The maximum atomic E-state index is 12.2. The Morgan fingerprint density at radius 3 is 2.76 bits per heavy atom. The monoisotopic (exact) mass is 291 g/mol. The summed E-state index contributed by atoms with van der Waals surface area (Å²) in [4.78, 5) is 23.9. The molecule has 5 heteroatoms. The van der Waals surface area contributed by atoms with E-state index in [1.54, 1.807) is 6.07 Å². The van der Waals surface area contributed by atoms with E-state index in [0.29, 0.717) is 11.6 Å². The second-order valence-corrected chi connectivity index (χ2v) is 5.91. The van der Waals surface area contributed by atoms with Crippen LogP contribution in [0.25, 0.3) is 0 Å². The third kappa shape index (κ3) is 4.34. The highest BCUT2D eigenvalue weighted by Gasteiger charge is 2.23. The zero-order valence-corrected chi connectivity index (χ0v) is 12.7. The van der Waals surface area contributed by atoms with Crippen molar-refractivity contribution in [3.63, 3.8) is 0 Å². The molecular weight excluding hydrogens is 266 g/mol. The average molecular weight is 291 g/mol.